The average Bonchev–Trinajstić information content (AvgIpc) is 2.87. The lowest BCUT2D eigenvalue weighted by Crippen LogP contribution is -2.16. The minimum absolute atomic E-state index is 0.122. The SMILES string of the molecule is CC(C)(C)c1cc(N=CC2C=CC=C2)cc(C(C)(C)C)c1O. The van der Waals surface area contributed by atoms with Crippen LogP contribution < -0.4 is 0 Å². The largest absolute Gasteiger partial charge is 0.507 e. The van der Waals surface area contributed by atoms with Gasteiger partial charge < -0.3 is 5.11 Å². The lowest BCUT2D eigenvalue weighted by Gasteiger charge is -2.27. The Labute approximate surface area is 134 Å². The van der Waals surface area contributed by atoms with Gasteiger partial charge in [0.2, 0.25) is 0 Å². The first-order valence-electron chi connectivity index (χ1n) is 7.86. The van der Waals surface area contributed by atoms with E-state index in [-0.39, 0.29) is 16.7 Å². The highest BCUT2D eigenvalue weighted by Crippen LogP contribution is 2.41. The third-order valence-electron chi connectivity index (χ3n) is 3.88. The Morgan fingerprint density at radius 1 is 0.909 bits per heavy atom. The van der Waals surface area contributed by atoms with Crippen molar-refractivity contribution in [2.45, 2.75) is 52.4 Å². The summed E-state index contributed by atoms with van der Waals surface area (Å²) in [5.41, 5.74) is 2.56. The monoisotopic (exact) mass is 297 g/mol. The summed E-state index contributed by atoms with van der Waals surface area (Å²) in [6.45, 7) is 12.7. The maximum Gasteiger partial charge on any atom is 0.123 e. The number of aliphatic imine (C=N–C) groups is 1. The minimum atomic E-state index is -0.122. The molecule has 22 heavy (non-hydrogen) atoms. The predicted octanol–water partition coefficient (Wildman–Crippen LogP) is 5.43. The highest BCUT2D eigenvalue weighted by atomic mass is 16.3. The first kappa shape index (κ1) is 16.5. The molecule has 118 valence electrons. The van der Waals surface area contributed by atoms with E-state index in [9.17, 15) is 5.11 Å². The van der Waals surface area contributed by atoms with Crippen molar-refractivity contribution >= 4 is 11.9 Å². The molecule has 0 unspecified atom stereocenters. The van der Waals surface area contributed by atoms with E-state index in [1.54, 1.807) is 0 Å². The van der Waals surface area contributed by atoms with Crippen molar-refractivity contribution in [3.63, 3.8) is 0 Å². The number of aromatic hydroxyl groups is 1. The molecular formula is C20H27NO. The molecule has 0 saturated carbocycles. The van der Waals surface area contributed by atoms with E-state index in [2.05, 4.69) is 58.7 Å². The molecule has 1 aliphatic rings. The number of hydrogen-bond donors (Lipinski definition) is 1. The van der Waals surface area contributed by atoms with Crippen molar-refractivity contribution in [3.8, 4) is 5.75 Å². The van der Waals surface area contributed by atoms with Gasteiger partial charge in [0, 0.05) is 23.3 Å². The van der Waals surface area contributed by atoms with Crippen molar-refractivity contribution in [1.29, 1.82) is 0 Å². The molecular weight excluding hydrogens is 270 g/mol. The van der Waals surface area contributed by atoms with Crippen molar-refractivity contribution in [1.82, 2.24) is 0 Å². The Morgan fingerprint density at radius 2 is 1.36 bits per heavy atom. The van der Waals surface area contributed by atoms with Crippen LogP contribution in [0, 0.1) is 5.92 Å². The van der Waals surface area contributed by atoms with Gasteiger partial charge in [-0.2, -0.15) is 0 Å². The highest BCUT2D eigenvalue weighted by Gasteiger charge is 2.26. The number of benzene rings is 1. The van der Waals surface area contributed by atoms with Crippen molar-refractivity contribution in [2.24, 2.45) is 10.9 Å². The maximum atomic E-state index is 10.7. The second kappa shape index (κ2) is 5.75. The molecule has 0 heterocycles. The average molecular weight is 297 g/mol. The van der Waals surface area contributed by atoms with E-state index in [0.717, 1.165) is 16.8 Å². The number of allylic oxidation sites excluding steroid dienone is 4. The molecule has 0 saturated heterocycles. The van der Waals surface area contributed by atoms with E-state index in [0.29, 0.717) is 5.75 Å². The topological polar surface area (TPSA) is 32.6 Å². The van der Waals surface area contributed by atoms with Crippen LogP contribution in [-0.2, 0) is 10.8 Å². The Bertz CT molecular complexity index is 590. The molecule has 2 nitrogen and oxygen atoms in total. The summed E-state index contributed by atoms with van der Waals surface area (Å²) >= 11 is 0. The molecule has 0 aliphatic heterocycles. The fourth-order valence-corrected chi connectivity index (χ4v) is 2.56. The number of hydrogen-bond acceptors (Lipinski definition) is 2. The third kappa shape index (κ3) is 3.68. The Kier molecular flexibility index (Phi) is 4.32. The fourth-order valence-electron chi connectivity index (χ4n) is 2.56. The van der Waals surface area contributed by atoms with Gasteiger partial charge in [0.25, 0.3) is 0 Å². The maximum absolute atomic E-state index is 10.7. The van der Waals surface area contributed by atoms with Gasteiger partial charge >= 0.3 is 0 Å². The molecule has 1 aromatic rings. The summed E-state index contributed by atoms with van der Waals surface area (Å²) in [7, 11) is 0. The molecule has 0 spiro atoms. The van der Waals surface area contributed by atoms with Gasteiger partial charge in [-0.05, 0) is 23.0 Å². The molecule has 0 amide bonds. The van der Waals surface area contributed by atoms with Crippen LogP contribution in [-0.4, -0.2) is 11.3 Å². The van der Waals surface area contributed by atoms with Gasteiger partial charge in [-0.25, -0.2) is 0 Å². The van der Waals surface area contributed by atoms with Gasteiger partial charge in [-0.15, -0.1) is 0 Å². The zero-order valence-corrected chi connectivity index (χ0v) is 14.5. The first-order valence-corrected chi connectivity index (χ1v) is 7.86. The van der Waals surface area contributed by atoms with Crippen LogP contribution in [0.4, 0.5) is 5.69 Å². The summed E-state index contributed by atoms with van der Waals surface area (Å²) in [6.07, 6.45) is 10.2. The molecule has 0 aromatic heterocycles. The number of phenolic OH excluding ortho intramolecular Hbond substituents is 1. The van der Waals surface area contributed by atoms with Crippen LogP contribution in [0.5, 0.6) is 5.75 Å². The molecule has 2 heteroatoms. The predicted molar refractivity (Wildman–Crippen MR) is 95.4 cm³/mol. The van der Waals surface area contributed by atoms with Gasteiger partial charge in [0.15, 0.2) is 0 Å². The van der Waals surface area contributed by atoms with E-state index in [4.69, 9.17) is 0 Å². The molecule has 0 radical (unpaired) electrons. The van der Waals surface area contributed by atoms with Crippen molar-refractivity contribution < 1.29 is 5.11 Å². The summed E-state index contributed by atoms with van der Waals surface area (Å²) in [5.74, 6) is 0.671. The van der Waals surface area contributed by atoms with Crippen LogP contribution in [0.25, 0.3) is 0 Å². The molecule has 0 fully saturated rings. The Balaban J connectivity index is 2.50. The van der Waals surface area contributed by atoms with Crippen LogP contribution in [0.1, 0.15) is 52.7 Å². The Morgan fingerprint density at radius 3 is 1.77 bits per heavy atom. The van der Waals surface area contributed by atoms with Crippen LogP contribution >= 0.6 is 0 Å². The summed E-state index contributed by atoms with van der Waals surface area (Å²) < 4.78 is 0. The quantitative estimate of drug-likeness (QED) is 0.725. The molecule has 1 aliphatic carbocycles. The minimum Gasteiger partial charge on any atom is -0.507 e. The lowest BCUT2D eigenvalue weighted by molar-refractivity contribution is 0.423. The normalized spacial score (nSPS) is 16.1. The van der Waals surface area contributed by atoms with Gasteiger partial charge in [0.05, 0.1) is 5.69 Å². The van der Waals surface area contributed by atoms with Crippen LogP contribution in [0.2, 0.25) is 0 Å². The number of nitrogens with zero attached hydrogens (tertiary/aromatic N) is 1. The molecule has 1 aromatic carbocycles. The van der Waals surface area contributed by atoms with Gasteiger partial charge in [-0.1, -0.05) is 65.8 Å². The van der Waals surface area contributed by atoms with E-state index in [1.165, 1.54) is 0 Å². The fraction of sp³-hybridized carbons (Fsp3) is 0.450. The third-order valence-corrected chi connectivity index (χ3v) is 3.88. The standard InChI is InChI=1S/C20H27NO/c1-19(2,3)16-11-15(21-13-14-9-7-8-10-14)12-17(18(16)22)20(4,5)6/h7-14,22H,1-6H3. The summed E-state index contributed by atoms with van der Waals surface area (Å²) in [6, 6.07) is 4.01. The van der Waals surface area contributed by atoms with Crippen LogP contribution in [0.3, 0.4) is 0 Å². The first-order chi connectivity index (χ1) is 10.1. The zero-order chi connectivity index (χ0) is 16.5. The number of phenols is 1. The lowest BCUT2D eigenvalue weighted by atomic mass is 9.79. The van der Waals surface area contributed by atoms with E-state index < -0.39 is 0 Å². The Hall–Kier alpha value is -1.83. The molecule has 1 N–H and O–H groups in total. The molecule has 0 atom stereocenters. The second-order valence-electron chi connectivity index (χ2n) is 8.01. The van der Waals surface area contributed by atoms with Crippen molar-refractivity contribution in [2.75, 3.05) is 0 Å². The van der Waals surface area contributed by atoms with Crippen LogP contribution in [0.15, 0.2) is 41.4 Å². The summed E-state index contributed by atoms with van der Waals surface area (Å²) in [5, 5.41) is 10.7. The van der Waals surface area contributed by atoms with Gasteiger partial charge in [-0.3, -0.25) is 4.99 Å². The molecule has 2 rings (SSSR count). The van der Waals surface area contributed by atoms with E-state index >= 15 is 0 Å². The molecule has 0 bridgehead atoms. The summed E-state index contributed by atoms with van der Waals surface area (Å²) in [4.78, 5) is 4.64. The van der Waals surface area contributed by atoms with Gasteiger partial charge in [0.1, 0.15) is 5.75 Å². The van der Waals surface area contributed by atoms with E-state index in [1.807, 2.05) is 30.5 Å². The zero-order valence-electron chi connectivity index (χ0n) is 14.5. The van der Waals surface area contributed by atoms with Crippen molar-refractivity contribution in [3.05, 3.63) is 47.6 Å². The second-order valence-corrected chi connectivity index (χ2v) is 8.01. The highest BCUT2D eigenvalue weighted by molar-refractivity contribution is 5.72. The smallest absolute Gasteiger partial charge is 0.123 e. The number of rotatable bonds is 2.